The average Bonchev–Trinajstić information content (AvgIpc) is 2.31. The predicted molar refractivity (Wildman–Crippen MR) is 60.1 cm³/mol. The Labute approximate surface area is 90.3 Å². The van der Waals surface area contributed by atoms with Crippen LogP contribution in [0.1, 0.15) is 0 Å². The van der Waals surface area contributed by atoms with E-state index in [4.69, 9.17) is 4.74 Å². The number of anilines is 1. The van der Waals surface area contributed by atoms with Crippen LogP contribution in [0, 0.1) is 0 Å². The Morgan fingerprint density at radius 1 is 1.53 bits per heavy atom. The largest absolute Gasteiger partial charge is 0.377 e. The van der Waals surface area contributed by atoms with Crippen LogP contribution < -0.4 is 10.2 Å². The Bertz CT molecular complexity index is 289. The van der Waals surface area contributed by atoms with Gasteiger partial charge < -0.3 is 15.0 Å². The molecule has 1 unspecified atom stereocenters. The number of nitrogens with zero attached hydrogens (tertiary/aromatic N) is 2. The van der Waals surface area contributed by atoms with Crippen molar-refractivity contribution < 1.29 is 4.74 Å². The molecule has 0 amide bonds. The van der Waals surface area contributed by atoms with E-state index in [-0.39, 0.29) is 0 Å². The Kier molecular flexibility index (Phi) is 3.53. The zero-order valence-corrected chi connectivity index (χ0v) is 9.02. The minimum atomic E-state index is 0.422. The Balaban J connectivity index is 2.11. The zero-order chi connectivity index (χ0) is 10.5. The van der Waals surface area contributed by atoms with Crippen LogP contribution in [0.25, 0.3) is 0 Å². The predicted octanol–water partition coefficient (Wildman–Crippen LogP) is 0.506. The van der Waals surface area contributed by atoms with Crippen molar-refractivity contribution >= 4 is 5.69 Å². The molecule has 2 rings (SSSR count). The third-order valence-corrected chi connectivity index (χ3v) is 2.66. The van der Waals surface area contributed by atoms with E-state index in [0.29, 0.717) is 6.04 Å². The van der Waals surface area contributed by atoms with E-state index in [1.165, 1.54) is 5.69 Å². The molecule has 0 radical (unpaired) electrons. The minimum Gasteiger partial charge on any atom is -0.377 e. The van der Waals surface area contributed by atoms with Gasteiger partial charge in [-0.05, 0) is 19.2 Å². The first-order valence-electron chi connectivity index (χ1n) is 5.31. The van der Waals surface area contributed by atoms with Gasteiger partial charge in [-0.2, -0.15) is 0 Å². The fourth-order valence-corrected chi connectivity index (χ4v) is 1.93. The lowest BCUT2D eigenvalue weighted by atomic mass is 10.2. The molecule has 0 saturated carbocycles. The fourth-order valence-electron chi connectivity index (χ4n) is 1.93. The van der Waals surface area contributed by atoms with Crippen LogP contribution in [0.3, 0.4) is 0 Å². The van der Waals surface area contributed by atoms with Gasteiger partial charge in [0.05, 0.1) is 19.3 Å². The molecule has 1 saturated heterocycles. The number of rotatable bonds is 3. The second-order valence-electron chi connectivity index (χ2n) is 3.69. The molecule has 1 fully saturated rings. The number of pyridine rings is 1. The van der Waals surface area contributed by atoms with Crippen molar-refractivity contribution in [3.63, 3.8) is 0 Å². The second kappa shape index (κ2) is 5.09. The summed E-state index contributed by atoms with van der Waals surface area (Å²) in [5.41, 5.74) is 1.23. The lowest BCUT2D eigenvalue weighted by molar-refractivity contribution is 0.0943. The molecule has 15 heavy (non-hydrogen) atoms. The molecule has 4 heteroatoms. The standard InChI is InChI=1S/C11H17N3O/c1-12-8-11-9-15-7-6-14(11)10-2-4-13-5-3-10/h2-5,11-12H,6-9H2,1H3. The first-order chi connectivity index (χ1) is 7.42. The molecule has 4 nitrogen and oxygen atoms in total. The third kappa shape index (κ3) is 2.46. The fraction of sp³-hybridized carbons (Fsp3) is 0.545. The maximum Gasteiger partial charge on any atom is 0.0683 e. The summed E-state index contributed by atoms with van der Waals surface area (Å²) in [6.45, 7) is 3.50. The molecule has 0 aromatic carbocycles. The Hall–Kier alpha value is -1.13. The number of morpholine rings is 1. The van der Waals surface area contributed by atoms with Gasteiger partial charge in [-0.1, -0.05) is 0 Å². The number of hydrogen-bond acceptors (Lipinski definition) is 4. The van der Waals surface area contributed by atoms with Crippen LogP contribution in [0.15, 0.2) is 24.5 Å². The van der Waals surface area contributed by atoms with Crippen molar-refractivity contribution in [3.05, 3.63) is 24.5 Å². The van der Waals surface area contributed by atoms with Crippen LogP contribution in [0.4, 0.5) is 5.69 Å². The summed E-state index contributed by atoms with van der Waals surface area (Å²) >= 11 is 0. The number of aromatic nitrogens is 1. The molecule has 1 atom stereocenters. The smallest absolute Gasteiger partial charge is 0.0683 e. The maximum atomic E-state index is 5.49. The summed E-state index contributed by atoms with van der Waals surface area (Å²) in [4.78, 5) is 6.41. The van der Waals surface area contributed by atoms with Crippen LogP contribution in [-0.2, 0) is 4.74 Å². The highest BCUT2D eigenvalue weighted by Gasteiger charge is 2.22. The van der Waals surface area contributed by atoms with E-state index < -0.39 is 0 Å². The minimum absolute atomic E-state index is 0.422. The number of hydrogen-bond donors (Lipinski definition) is 1. The van der Waals surface area contributed by atoms with Gasteiger partial charge in [-0.3, -0.25) is 4.98 Å². The van der Waals surface area contributed by atoms with E-state index in [9.17, 15) is 0 Å². The van der Waals surface area contributed by atoms with Crippen molar-refractivity contribution in [3.8, 4) is 0 Å². The van der Waals surface area contributed by atoms with E-state index in [1.54, 1.807) is 0 Å². The maximum absolute atomic E-state index is 5.49. The molecule has 1 N–H and O–H groups in total. The molecule has 1 aromatic rings. The Morgan fingerprint density at radius 2 is 2.33 bits per heavy atom. The number of ether oxygens (including phenoxy) is 1. The quantitative estimate of drug-likeness (QED) is 0.783. The van der Waals surface area contributed by atoms with Crippen molar-refractivity contribution in [1.82, 2.24) is 10.3 Å². The number of nitrogens with one attached hydrogen (secondary N) is 1. The lowest BCUT2D eigenvalue weighted by Gasteiger charge is -2.37. The molecule has 1 aromatic heterocycles. The molecule has 0 spiro atoms. The first-order valence-corrected chi connectivity index (χ1v) is 5.31. The highest BCUT2D eigenvalue weighted by atomic mass is 16.5. The van der Waals surface area contributed by atoms with Crippen LogP contribution >= 0.6 is 0 Å². The van der Waals surface area contributed by atoms with Crippen LogP contribution in [0.2, 0.25) is 0 Å². The van der Waals surface area contributed by atoms with Gasteiger partial charge in [0.25, 0.3) is 0 Å². The Morgan fingerprint density at radius 3 is 3.07 bits per heavy atom. The molecular formula is C11H17N3O. The molecular weight excluding hydrogens is 190 g/mol. The number of likely N-dealkylation sites (N-methyl/N-ethyl adjacent to an activating group) is 1. The molecule has 1 aliphatic rings. The van der Waals surface area contributed by atoms with E-state index in [0.717, 1.165) is 26.3 Å². The van der Waals surface area contributed by atoms with Crippen molar-refractivity contribution in [2.45, 2.75) is 6.04 Å². The SMILES string of the molecule is CNCC1COCCN1c1ccncc1. The van der Waals surface area contributed by atoms with Crippen LogP contribution in [0.5, 0.6) is 0 Å². The molecule has 82 valence electrons. The van der Waals surface area contributed by atoms with Gasteiger partial charge in [0.1, 0.15) is 0 Å². The van der Waals surface area contributed by atoms with Gasteiger partial charge in [-0.15, -0.1) is 0 Å². The van der Waals surface area contributed by atoms with Crippen molar-refractivity contribution in [2.24, 2.45) is 0 Å². The molecule has 2 heterocycles. The normalized spacial score (nSPS) is 21.7. The van der Waals surface area contributed by atoms with Gasteiger partial charge in [0.2, 0.25) is 0 Å². The monoisotopic (exact) mass is 207 g/mol. The molecule has 0 aliphatic carbocycles. The van der Waals surface area contributed by atoms with Gasteiger partial charge in [-0.25, -0.2) is 0 Å². The molecule has 1 aliphatic heterocycles. The first kappa shape index (κ1) is 10.4. The van der Waals surface area contributed by atoms with E-state index >= 15 is 0 Å². The summed E-state index contributed by atoms with van der Waals surface area (Å²) in [5.74, 6) is 0. The highest BCUT2D eigenvalue weighted by molar-refractivity contribution is 5.46. The zero-order valence-electron chi connectivity index (χ0n) is 9.02. The third-order valence-electron chi connectivity index (χ3n) is 2.66. The lowest BCUT2D eigenvalue weighted by Crippen LogP contribution is -2.50. The molecule has 0 bridgehead atoms. The van der Waals surface area contributed by atoms with Crippen LogP contribution in [-0.4, -0.2) is 44.4 Å². The average molecular weight is 207 g/mol. The van der Waals surface area contributed by atoms with E-state index in [1.807, 2.05) is 31.6 Å². The summed E-state index contributed by atoms with van der Waals surface area (Å²) in [5, 5.41) is 3.20. The summed E-state index contributed by atoms with van der Waals surface area (Å²) < 4.78 is 5.49. The summed E-state index contributed by atoms with van der Waals surface area (Å²) in [6, 6.07) is 4.52. The second-order valence-corrected chi connectivity index (χ2v) is 3.69. The van der Waals surface area contributed by atoms with Gasteiger partial charge in [0, 0.05) is 31.2 Å². The summed E-state index contributed by atoms with van der Waals surface area (Å²) in [6.07, 6.45) is 3.67. The topological polar surface area (TPSA) is 37.4 Å². The van der Waals surface area contributed by atoms with Gasteiger partial charge in [0.15, 0.2) is 0 Å². The highest BCUT2D eigenvalue weighted by Crippen LogP contribution is 2.17. The van der Waals surface area contributed by atoms with Crippen molar-refractivity contribution in [2.75, 3.05) is 38.3 Å². The summed E-state index contributed by atoms with van der Waals surface area (Å²) in [7, 11) is 1.97. The van der Waals surface area contributed by atoms with Crippen molar-refractivity contribution in [1.29, 1.82) is 0 Å². The van der Waals surface area contributed by atoms with Gasteiger partial charge >= 0.3 is 0 Å². The van der Waals surface area contributed by atoms with E-state index in [2.05, 4.69) is 15.2 Å².